The number of hydrogen-bond donors (Lipinski definition) is 0. The molecule has 3 heterocycles. The van der Waals surface area contributed by atoms with Gasteiger partial charge in [0.1, 0.15) is 5.01 Å². The Hall–Kier alpha value is -1.73. The van der Waals surface area contributed by atoms with Crippen molar-refractivity contribution in [2.75, 3.05) is 45.2 Å². The predicted octanol–water partition coefficient (Wildman–Crippen LogP) is 3.18. The Morgan fingerprint density at radius 1 is 1.11 bits per heavy atom. The molecule has 0 spiro atoms. The lowest BCUT2D eigenvalue weighted by Gasteiger charge is -2.40. The summed E-state index contributed by atoms with van der Waals surface area (Å²) < 4.78 is 0. The van der Waals surface area contributed by atoms with E-state index in [1.807, 2.05) is 6.08 Å². The number of carbonyl (C=O) groups excluding carboxylic acids is 1. The maximum Gasteiger partial charge on any atom is 0.249 e. The number of carbonyl (C=O) groups is 1. The predicted molar refractivity (Wildman–Crippen MR) is 115 cm³/mol. The molecule has 3 aliphatic rings. The summed E-state index contributed by atoms with van der Waals surface area (Å²) in [5.41, 5.74) is 1.91. The number of anilines is 1. The molecule has 1 aliphatic carbocycles. The molecule has 1 amide bonds. The molecular weight excluding hydrogens is 370 g/mol. The molecule has 0 unspecified atom stereocenters. The zero-order chi connectivity index (χ0) is 19.5. The fourth-order valence-electron chi connectivity index (χ4n) is 4.47. The van der Waals surface area contributed by atoms with Crippen LogP contribution in [0.2, 0.25) is 0 Å². The topological polar surface area (TPSA) is 52.6 Å². The third-order valence-electron chi connectivity index (χ3n) is 6.09. The Balaban J connectivity index is 1.38. The number of piperidine rings is 2. The molecule has 1 aromatic rings. The number of likely N-dealkylation sites (tertiary alicyclic amines) is 1. The van der Waals surface area contributed by atoms with Gasteiger partial charge < -0.3 is 14.7 Å². The van der Waals surface area contributed by atoms with Gasteiger partial charge in [0.25, 0.3) is 0 Å². The van der Waals surface area contributed by atoms with E-state index in [2.05, 4.69) is 26.1 Å². The van der Waals surface area contributed by atoms with Crippen molar-refractivity contribution in [2.45, 2.75) is 51.0 Å². The highest BCUT2D eigenvalue weighted by Gasteiger charge is 2.27. The second kappa shape index (κ2) is 8.74. The molecule has 2 aliphatic heterocycles. The minimum Gasteiger partial charge on any atom is -0.347 e. The summed E-state index contributed by atoms with van der Waals surface area (Å²) >= 11 is 1.66. The van der Waals surface area contributed by atoms with E-state index >= 15 is 0 Å². The summed E-state index contributed by atoms with van der Waals surface area (Å²) in [6.45, 7) is 4.69. The van der Waals surface area contributed by atoms with E-state index in [1.165, 1.54) is 45.2 Å². The van der Waals surface area contributed by atoms with Crippen LogP contribution in [-0.4, -0.2) is 72.2 Å². The molecule has 2 saturated heterocycles. The van der Waals surface area contributed by atoms with Gasteiger partial charge in [0, 0.05) is 44.4 Å². The lowest BCUT2D eigenvalue weighted by molar-refractivity contribution is -0.124. The molecule has 2 fully saturated rings. The molecule has 152 valence electrons. The van der Waals surface area contributed by atoms with Gasteiger partial charge in [0.15, 0.2) is 0 Å². The number of rotatable bonds is 4. The number of likely N-dealkylation sites (N-methyl/N-ethyl adjacent to an activating group) is 1. The van der Waals surface area contributed by atoms with Crippen molar-refractivity contribution in [3.05, 3.63) is 22.7 Å². The highest BCUT2D eigenvalue weighted by atomic mass is 32.1. The highest BCUT2D eigenvalue weighted by molar-refractivity contribution is 7.16. The van der Waals surface area contributed by atoms with E-state index < -0.39 is 0 Å². The van der Waals surface area contributed by atoms with Gasteiger partial charge in [-0.1, -0.05) is 23.8 Å². The van der Waals surface area contributed by atoms with Crippen molar-refractivity contribution in [2.24, 2.45) is 0 Å². The third-order valence-corrected chi connectivity index (χ3v) is 7.13. The fraction of sp³-hybridized carbons (Fsp3) is 0.667. The largest absolute Gasteiger partial charge is 0.347 e. The van der Waals surface area contributed by atoms with E-state index in [0.717, 1.165) is 53.3 Å². The number of aromatic nitrogens is 2. The van der Waals surface area contributed by atoms with Gasteiger partial charge in [0.05, 0.1) is 0 Å². The van der Waals surface area contributed by atoms with Crippen LogP contribution in [0.3, 0.4) is 0 Å². The SMILES string of the molecule is CN(C)C(=O)C1=CC(c2nnc(N3CCC(N4CCCCC4)CC3)s2)=CCC1. The van der Waals surface area contributed by atoms with Crippen molar-refractivity contribution >= 4 is 27.9 Å². The summed E-state index contributed by atoms with van der Waals surface area (Å²) in [7, 11) is 3.61. The van der Waals surface area contributed by atoms with E-state index in [4.69, 9.17) is 0 Å². The van der Waals surface area contributed by atoms with Gasteiger partial charge >= 0.3 is 0 Å². The van der Waals surface area contributed by atoms with Gasteiger partial charge in [-0.2, -0.15) is 0 Å². The molecule has 6 nitrogen and oxygen atoms in total. The Bertz CT molecular complexity index is 755. The Morgan fingerprint density at radius 3 is 2.57 bits per heavy atom. The minimum absolute atomic E-state index is 0.0927. The normalized spacial score (nSPS) is 22.0. The average molecular weight is 402 g/mol. The van der Waals surface area contributed by atoms with Crippen LogP contribution >= 0.6 is 11.3 Å². The van der Waals surface area contributed by atoms with Crippen molar-refractivity contribution in [1.29, 1.82) is 0 Å². The van der Waals surface area contributed by atoms with Gasteiger partial charge in [-0.25, -0.2) is 0 Å². The van der Waals surface area contributed by atoms with Crippen molar-refractivity contribution in [3.8, 4) is 0 Å². The number of nitrogens with zero attached hydrogens (tertiary/aromatic N) is 5. The molecule has 0 aromatic carbocycles. The first kappa shape index (κ1) is 19.6. The lowest BCUT2D eigenvalue weighted by atomic mass is 9.99. The van der Waals surface area contributed by atoms with E-state index in [-0.39, 0.29) is 5.91 Å². The van der Waals surface area contributed by atoms with E-state index in [1.54, 1.807) is 30.3 Å². The summed E-state index contributed by atoms with van der Waals surface area (Å²) in [5.74, 6) is 0.0927. The molecule has 0 atom stereocenters. The quantitative estimate of drug-likeness (QED) is 0.776. The van der Waals surface area contributed by atoms with E-state index in [9.17, 15) is 4.79 Å². The highest BCUT2D eigenvalue weighted by Crippen LogP contribution is 2.32. The van der Waals surface area contributed by atoms with Crippen molar-refractivity contribution in [3.63, 3.8) is 0 Å². The van der Waals surface area contributed by atoms with Crippen LogP contribution in [0.1, 0.15) is 50.0 Å². The first-order chi connectivity index (χ1) is 13.6. The maximum atomic E-state index is 12.3. The van der Waals surface area contributed by atoms with Gasteiger partial charge in [-0.15, -0.1) is 10.2 Å². The third kappa shape index (κ3) is 4.30. The molecule has 0 bridgehead atoms. The van der Waals surface area contributed by atoms with Crippen LogP contribution < -0.4 is 4.90 Å². The molecule has 0 N–H and O–H groups in total. The van der Waals surface area contributed by atoms with Crippen LogP contribution in [0.15, 0.2) is 17.7 Å². The number of amides is 1. The Labute approximate surface area is 171 Å². The standard InChI is InChI=1S/C21H31N5OS/c1-24(2)20(27)17-8-6-7-16(15-17)19-22-23-21(28-19)26-13-9-18(10-14-26)25-11-4-3-5-12-25/h7,15,18H,3-6,8-14H2,1-2H3. The van der Waals surface area contributed by atoms with Gasteiger partial charge in [-0.05, 0) is 57.7 Å². The number of allylic oxidation sites excluding steroid dienone is 3. The van der Waals surface area contributed by atoms with Crippen molar-refractivity contribution < 1.29 is 4.79 Å². The van der Waals surface area contributed by atoms with E-state index in [0.29, 0.717) is 0 Å². The zero-order valence-corrected chi connectivity index (χ0v) is 17.9. The Kier molecular flexibility index (Phi) is 6.11. The summed E-state index contributed by atoms with van der Waals surface area (Å²) in [4.78, 5) is 19.0. The lowest BCUT2D eigenvalue weighted by Crippen LogP contribution is -2.46. The van der Waals surface area contributed by atoms with Gasteiger partial charge in [0.2, 0.25) is 11.0 Å². The van der Waals surface area contributed by atoms with Crippen LogP contribution in [-0.2, 0) is 4.79 Å². The first-order valence-corrected chi connectivity index (χ1v) is 11.4. The molecule has 4 rings (SSSR count). The summed E-state index contributed by atoms with van der Waals surface area (Å²) in [6, 6.07) is 0.743. The monoisotopic (exact) mass is 401 g/mol. The average Bonchev–Trinajstić information content (AvgIpc) is 3.24. The second-order valence-electron chi connectivity index (χ2n) is 8.27. The smallest absolute Gasteiger partial charge is 0.249 e. The summed E-state index contributed by atoms with van der Waals surface area (Å²) in [6.07, 6.45) is 12.4. The second-order valence-corrected chi connectivity index (χ2v) is 9.23. The minimum atomic E-state index is 0.0927. The fourth-order valence-corrected chi connectivity index (χ4v) is 5.38. The zero-order valence-electron chi connectivity index (χ0n) is 17.1. The summed E-state index contributed by atoms with van der Waals surface area (Å²) in [5, 5.41) is 10.9. The number of hydrogen-bond acceptors (Lipinski definition) is 6. The molecule has 7 heteroatoms. The van der Waals surface area contributed by atoms with Crippen molar-refractivity contribution in [1.82, 2.24) is 20.0 Å². The first-order valence-electron chi connectivity index (χ1n) is 10.6. The molecule has 1 aromatic heterocycles. The molecule has 28 heavy (non-hydrogen) atoms. The Morgan fingerprint density at radius 2 is 1.86 bits per heavy atom. The van der Waals surface area contributed by atoms with Crippen LogP contribution in [0.4, 0.5) is 5.13 Å². The molecular formula is C21H31N5OS. The maximum absolute atomic E-state index is 12.3. The van der Waals surface area contributed by atoms with Crippen LogP contribution in [0.5, 0.6) is 0 Å². The van der Waals surface area contributed by atoms with Crippen LogP contribution in [0, 0.1) is 0 Å². The van der Waals surface area contributed by atoms with Gasteiger partial charge in [-0.3, -0.25) is 4.79 Å². The molecule has 0 saturated carbocycles. The molecule has 0 radical (unpaired) electrons. The van der Waals surface area contributed by atoms with Crippen LogP contribution in [0.25, 0.3) is 5.57 Å².